The number of fused-ring (bicyclic) bond motifs is 2. The quantitative estimate of drug-likeness (QED) is 0.590. The highest BCUT2D eigenvalue weighted by molar-refractivity contribution is 6.33. The Kier molecular flexibility index (Phi) is 5.89. The summed E-state index contributed by atoms with van der Waals surface area (Å²) in [6.45, 7) is 1.77. The van der Waals surface area contributed by atoms with Gasteiger partial charge in [0, 0.05) is 24.5 Å². The summed E-state index contributed by atoms with van der Waals surface area (Å²) in [5.74, 6) is -0.482. The van der Waals surface area contributed by atoms with E-state index < -0.39 is 12.0 Å². The maximum Gasteiger partial charge on any atom is 0.305 e. The molecule has 2 aliphatic heterocycles. The average Bonchev–Trinajstić information content (AvgIpc) is 3.33. The molecule has 2 N–H and O–H groups in total. The maximum absolute atomic E-state index is 12.1. The molecule has 1 atom stereocenters. The third-order valence-electron chi connectivity index (χ3n) is 5.17. The number of halogens is 1. The molecule has 1 aromatic carbocycles. The fourth-order valence-electron chi connectivity index (χ4n) is 3.61. The summed E-state index contributed by atoms with van der Waals surface area (Å²) in [5.41, 5.74) is 1.38. The molecule has 1 amide bonds. The van der Waals surface area contributed by atoms with Crippen LogP contribution < -0.4 is 10.1 Å². The van der Waals surface area contributed by atoms with Crippen molar-refractivity contribution in [3.05, 3.63) is 41.4 Å². The van der Waals surface area contributed by atoms with Crippen molar-refractivity contribution in [3.8, 4) is 5.75 Å². The zero-order valence-corrected chi connectivity index (χ0v) is 17.0. The van der Waals surface area contributed by atoms with Crippen LogP contribution in [0.3, 0.4) is 0 Å². The van der Waals surface area contributed by atoms with E-state index in [1.165, 1.54) is 0 Å². The van der Waals surface area contributed by atoms with Crippen LogP contribution in [0.5, 0.6) is 5.75 Å². The van der Waals surface area contributed by atoms with Crippen LogP contribution in [0.25, 0.3) is 0 Å². The van der Waals surface area contributed by atoms with Crippen molar-refractivity contribution in [3.63, 3.8) is 0 Å². The molecule has 10 heteroatoms. The van der Waals surface area contributed by atoms with E-state index in [0.29, 0.717) is 35.6 Å². The highest BCUT2D eigenvalue weighted by atomic mass is 35.5. The smallest absolute Gasteiger partial charge is 0.305 e. The van der Waals surface area contributed by atoms with Crippen LogP contribution in [0, 0.1) is 0 Å². The summed E-state index contributed by atoms with van der Waals surface area (Å²) in [6, 6.07) is 2.78. The number of guanidine groups is 1. The second-order valence-electron chi connectivity index (χ2n) is 7.25. The van der Waals surface area contributed by atoms with Crippen molar-refractivity contribution in [2.24, 2.45) is 4.99 Å². The molecule has 4 rings (SSSR count). The van der Waals surface area contributed by atoms with Gasteiger partial charge in [0.25, 0.3) is 0 Å². The number of nitrogens with zero attached hydrogens (tertiary/aromatic N) is 4. The zero-order valence-electron chi connectivity index (χ0n) is 16.3. The SMILES string of the molecule is O=C(O)CC1C(=O)NC2=Nc3ccc(OCCCCCn4ccnc4)c(Cl)c3CN21. The van der Waals surface area contributed by atoms with Crippen molar-refractivity contribution in [1.82, 2.24) is 19.8 Å². The van der Waals surface area contributed by atoms with Gasteiger partial charge in [0.05, 0.1) is 36.6 Å². The summed E-state index contributed by atoms with van der Waals surface area (Å²) in [5, 5.41) is 12.2. The van der Waals surface area contributed by atoms with Gasteiger partial charge >= 0.3 is 5.97 Å². The lowest BCUT2D eigenvalue weighted by molar-refractivity contribution is -0.140. The number of imidazole rings is 1. The Hall–Kier alpha value is -3.07. The number of aliphatic imine (C=N–C) groups is 1. The van der Waals surface area contributed by atoms with Gasteiger partial charge in [-0.05, 0) is 31.4 Å². The summed E-state index contributed by atoms with van der Waals surface area (Å²) in [4.78, 5) is 33.3. The number of unbranched alkanes of at least 4 members (excludes halogenated alkanes) is 2. The molecule has 158 valence electrons. The maximum atomic E-state index is 12.1. The number of carbonyl (C=O) groups excluding carboxylic acids is 1. The van der Waals surface area contributed by atoms with Crippen molar-refractivity contribution in [2.75, 3.05) is 6.61 Å². The lowest BCUT2D eigenvalue weighted by Gasteiger charge is -2.28. The van der Waals surface area contributed by atoms with E-state index in [9.17, 15) is 9.59 Å². The van der Waals surface area contributed by atoms with Gasteiger partial charge in [0.1, 0.15) is 11.8 Å². The van der Waals surface area contributed by atoms with Gasteiger partial charge in [-0.3, -0.25) is 14.9 Å². The molecule has 2 aliphatic rings. The number of hydrogen-bond donors (Lipinski definition) is 2. The van der Waals surface area contributed by atoms with Crippen molar-refractivity contribution in [2.45, 2.75) is 44.8 Å². The van der Waals surface area contributed by atoms with Crippen LogP contribution >= 0.6 is 11.6 Å². The van der Waals surface area contributed by atoms with E-state index in [1.54, 1.807) is 23.2 Å². The zero-order chi connectivity index (χ0) is 21.1. The molecule has 0 saturated carbocycles. The first-order valence-corrected chi connectivity index (χ1v) is 10.2. The molecule has 0 spiro atoms. The van der Waals surface area contributed by atoms with Crippen molar-refractivity contribution < 1.29 is 19.4 Å². The number of amides is 1. The van der Waals surface area contributed by atoms with Crippen LogP contribution in [-0.2, 0) is 22.7 Å². The molecule has 0 aliphatic carbocycles. The normalized spacial score (nSPS) is 17.2. The number of ether oxygens (including phenoxy) is 1. The second kappa shape index (κ2) is 8.74. The Morgan fingerprint density at radius 2 is 2.20 bits per heavy atom. The monoisotopic (exact) mass is 431 g/mol. The fraction of sp³-hybridized carbons (Fsp3) is 0.400. The van der Waals surface area contributed by atoms with Gasteiger partial charge in [0.2, 0.25) is 11.9 Å². The first-order valence-electron chi connectivity index (χ1n) is 9.81. The van der Waals surface area contributed by atoms with Crippen molar-refractivity contribution in [1.29, 1.82) is 0 Å². The van der Waals surface area contributed by atoms with Gasteiger partial charge in [-0.1, -0.05) is 11.6 Å². The molecule has 9 nitrogen and oxygen atoms in total. The first kappa shape index (κ1) is 20.2. The van der Waals surface area contributed by atoms with Crippen LogP contribution in [0.2, 0.25) is 5.02 Å². The molecule has 0 bridgehead atoms. The minimum absolute atomic E-state index is 0.297. The molecular formula is C20H22ClN5O4. The third-order valence-corrected chi connectivity index (χ3v) is 5.58. The van der Waals surface area contributed by atoms with Crippen LogP contribution in [0.4, 0.5) is 5.69 Å². The highest BCUT2D eigenvalue weighted by Crippen LogP contribution is 2.39. The number of hydrogen-bond acceptors (Lipinski definition) is 6. The summed E-state index contributed by atoms with van der Waals surface area (Å²) in [7, 11) is 0. The standard InChI is InChI=1S/C20H22ClN5O4/c21-18-13-11-26-15(10-17(27)28)19(29)24-20(26)23-14(13)4-5-16(18)30-9-3-1-2-7-25-8-6-22-12-25/h4-6,8,12,15H,1-3,7,9-11H2,(H,27,28)(H,23,24,29). The predicted octanol–water partition coefficient (Wildman–Crippen LogP) is 2.56. The molecule has 2 aromatic rings. The first-order chi connectivity index (χ1) is 14.5. The van der Waals surface area contributed by atoms with Gasteiger partial charge in [-0.2, -0.15) is 0 Å². The number of rotatable bonds is 9. The predicted molar refractivity (Wildman–Crippen MR) is 110 cm³/mol. The number of aryl methyl sites for hydroxylation is 1. The fourth-order valence-corrected chi connectivity index (χ4v) is 3.89. The molecule has 1 fully saturated rings. The Balaban J connectivity index is 1.35. The summed E-state index contributed by atoms with van der Waals surface area (Å²) >= 11 is 6.56. The van der Waals surface area contributed by atoms with E-state index >= 15 is 0 Å². The highest BCUT2D eigenvalue weighted by Gasteiger charge is 2.40. The van der Waals surface area contributed by atoms with Crippen LogP contribution in [-0.4, -0.2) is 50.0 Å². The van der Waals surface area contributed by atoms with Crippen LogP contribution in [0.1, 0.15) is 31.2 Å². The molecule has 1 unspecified atom stereocenters. The molecule has 1 saturated heterocycles. The topological polar surface area (TPSA) is 109 Å². The molecule has 3 heterocycles. The van der Waals surface area contributed by atoms with Gasteiger partial charge in [-0.15, -0.1) is 0 Å². The third kappa shape index (κ3) is 4.25. The Morgan fingerprint density at radius 1 is 1.33 bits per heavy atom. The number of benzene rings is 1. The summed E-state index contributed by atoms with van der Waals surface area (Å²) < 4.78 is 7.92. The van der Waals surface area contributed by atoms with E-state index in [2.05, 4.69) is 15.3 Å². The number of aliphatic carboxylic acids is 1. The number of carbonyl (C=O) groups is 2. The number of aromatic nitrogens is 2. The minimum Gasteiger partial charge on any atom is -0.492 e. The molecule has 0 radical (unpaired) electrons. The van der Waals surface area contributed by atoms with Crippen LogP contribution in [0.15, 0.2) is 35.8 Å². The van der Waals surface area contributed by atoms with Gasteiger partial charge in [0.15, 0.2) is 0 Å². The van der Waals surface area contributed by atoms with E-state index in [4.69, 9.17) is 21.4 Å². The van der Waals surface area contributed by atoms with Crippen molar-refractivity contribution >= 4 is 35.1 Å². The average molecular weight is 432 g/mol. The minimum atomic E-state index is -1.04. The Bertz CT molecular complexity index is 976. The van der Waals surface area contributed by atoms with Gasteiger partial charge < -0.3 is 19.3 Å². The second-order valence-corrected chi connectivity index (χ2v) is 7.63. The van der Waals surface area contributed by atoms with E-state index in [0.717, 1.165) is 31.4 Å². The Labute approximate surface area is 178 Å². The molecule has 30 heavy (non-hydrogen) atoms. The number of carboxylic acid groups (broad SMARTS) is 1. The molecular weight excluding hydrogens is 410 g/mol. The van der Waals surface area contributed by atoms with Gasteiger partial charge in [-0.25, -0.2) is 9.98 Å². The molecule has 1 aromatic heterocycles. The lowest BCUT2D eigenvalue weighted by Crippen LogP contribution is -2.38. The van der Waals surface area contributed by atoms with E-state index in [1.807, 2.05) is 17.1 Å². The summed E-state index contributed by atoms with van der Waals surface area (Å²) in [6.07, 6.45) is 8.18. The largest absolute Gasteiger partial charge is 0.492 e. The van der Waals surface area contributed by atoms with E-state index in [-0.39, 0.29) is 12.3 Å². The number of nitrogens with one attached hydrogen (secondary N) is 1. The lowest BCUT2D eigenvalue weighted by atomic mass is 10.1. The Morgan fingerprint density at radius 3 is 2.97 bits per heavy atom. The number of carboxylic acids is 1.